The number of aryl methyl sites for hydroxylation is 1. The maximum absolute atomic E-state index is 13.5. The Kier molecular flexibility index (Phi) is 7.35. The van der Waals surface area contributed by atoms with Crippen LogP contribution in [0.3, 0.4) is 0 Å². The number of aromatic nitrogens is 2. The molecule has 32 heavy (non-hydrogen) atoms. The number of aliphatic hydroxyl groups excluding tert-OH is 3. The summed E-state index contributed by atoms with van der Waals surface area (Å²) in [6, 6.07) is 7.24. The lowest BCUT2D eigenvalue weighted by Crippen LogP contribution is -2.61. The molecule has 13 heteroatoms. The highest BCUT2D eigenvalue weighted by atomic mass is 32.2. The fourth-order valence-electron chi connectivity index (χ4n) is 3.27. The summed E-state index contributed by atoms with van der Waals surface area (Å²) < 4.78 is 50.7. The summed E-state index contributed by atoms with van der Waals surface area (Å²) >= 11 is 1.48. The van der Waals surface area contributed by atoms with E-state index in [0.717, 1.165) is 10.5 Å². The maximum atomic E-state index is 13.5. The highest BCUT2D eigenvalue weighted by molar-refractivity contribution is 7.98. The Bertz CT molecular complexity index is 955. The first-order chi connectivity index (χ1) is 15.0. The van der Waals surface area contributed by atoms with Gasteiger partial charge in [-0.05, 0) is 36.8 Å². The number of hydrogen-bond donors (Lipinski definition) is 5. The molecule has 1 saturated heterocycles. The van der Waals surface area contributed by atoms with E-state index in [4.69, 9.17) is 14.6 Å². The molecule has 0 amide bonds. The van der Waals surface area contributed by atoms with Crippen LogP contribution in [0.1, 0.15) is 16.8 Å². The van der Waals surface area contributed by atoms with Gasteiger partial charge in [0.2, 0.25) is 12.2 Å². The Morgan fingerprint density at radius 2 is 1.94 bits per heavy atom. The van der Waals surface area contributed by atoms with Crippen LogP contribution in [0.25, 0.3) is 0 Å². The first kappa shape index (κ1) is 24.3. The van der Waals surface area contributed by atoms with Crippen molar-refractivity contribution < 1.29 is 47.9 Å². The third kappa shape index (κ3) is 5.18. The largest absolute Gasteiger partial charge is 0.479 e. The molecule has 1 fully saturated rings. The lowest BCUT2D eigenvalue weighted by atomic mass is 9.99. The fourth-order valence-corrected chi connectivity index (χ4v) is 3.75. The third-order valence-corrected chi connectivity index (χ3v) is 5.68. The Hall–Kier alpha value is -2.32. The van der Waals surface area contributed by atoms with E-state index in [-0.39, 0.29) is 18.4 Å². The number of alkyl halides is 3. The van der Waals surface area contributed by atoms with Crippen LogP contribution in [0, 0.1) is 0 Å². The van der Waals surface area contributed by atoms with Crippen molar-refractivity contribution in [1.82, 2.24) is 10.2 Å². The highest BCUT2D eigenvalue weighted by Crippen LogP contribution is 2.36. The second-order valence-corrected chi connectivity index (χ2v) is 7.96. The predicted molar refractivity (Wildman–Crippen MR) is 104 cm³/mol. The van der Waals surface area contributed by atoms with Crippen molar-refractivity contribution in [3.8, 4) is 5.88 Å². The van der Waals surface area contributed by atoms with Gasteiger partial charge in [0.15, 0.2) is 6.10 Å². The fraction of sp³-hybridized carbons (Fsp3) is 0.474. The quantitative estimate of drug-likeness (QED) is 0.371. The van der Waals surface area contributed by atoms with Crippen LogP contribution < -0.4 is 4.74 Å². The molecule has 9 nitrogen and oxygen atoms in total. The third-order valence-electron chi connectivity index (χ3n) is 4.95. The number of ether oxygens (including phenoxy) is 2. The number of hydrogen-bond acceptors (Lipinski definition) is 8. The van der Waals surface area contributed by atoms with Crippen LogP contribution in [0.15, 0.2) is 29.2 Å². The van der Waals surface area contributed by atoms with Gasteiger partial charge in [-0.15, -0.1) is 16.9 Å². The van der Waals surface area contributed by atoms with Crippen molar-refractivity contribution in [2.24, 2.45) is 0 Å². The number of rotatable bonds is 7. The zero-order valence-electron chi connectivity index (χ0n) is 16.6. The Morgan fingerprint density at radius 1 is 1.22 bits per heavy atom. The molecule has 1 aliphatic rings. The maximum Gasteiger partial charge on any atom is 0.433 e. The van der Waals surface area contributed by atoms with E-state index in [1.54, 1.807) is 12.1 Å². The molecule has 1 aromatic heterocycles. The van der Waals surface area contributed by atoms with Crippen molar-refractivity contribution in [2.75, 3.05) is 6.26 Å². The molecule has 0 aliphatic carbocycles. The molecule has 2 aromatic rings. The van der Waals surface area contributed by atoms with Crippen molar-refractivity contribution in [1.29, 1.82) is 0 Å². The van der Waals surface area contributed by atoms with Crippen molar-refractivity contribution >= 4 is 17.7 Å². The van der Waals surface area contributed by atoms with E-state index in [1.807, 2.05) is 23.5 Å². The number of benzene rings is 1. The molecule has 0 bridgehead atoms. The van der Waals surface area contributed by atoms with E-state index >= 15 is 0 Å². The molecule has 1 aromatic carbocycles. The average molecular weight is 478 g/mol. The van der Waals surface area contributed by atoms with Gasteiger partial charge in [0, 0.05) is 10.5 Å². The summed E-state index contributed by atoms with van der Waals surface area (Å²) in [5.41, 5.74) is -0.736. The van der Waals surface area contributed by atoms with Crippen LogP contribution in [0.4, 0.5) is 13.2 Å². The van der Waals surface area contributed by atoms with Crippen LogP contribution in [0.2, 0.25) is 0 Å². The van der Waals surface area contributed by atoms with Crippen LogP contribution in [0.5, 0.6) is 5.88 Å². The lowest BCUT2D eigenvalue weighted by Gasteiger charge is -2.38. The molecule has 1 aliphatic heterocycles. The number of halogens is 3. The molecule has 5 atom stereocenters. The molecule has 5 N–H and O–H groups in total. The molecule has 0 saturated carbocycles. The number of aliphatic hydroxyl groups is 3. The van der Waals surface area contributed by atoms with E-state index in [9.17, 15) is 33.3 Å². The number of carboxylic acid groups (broad SMARTS) is 1. The summed E-state index contributed by atoms with van der Waals surface area (Å²) in [6.07, 6.45) is -12.5. The molecule has 3 rings (SSSR count). The van der Waals surface area contributed by atoms with Gasteiger partial charge in [0.25, 0.3) is 0 Å². The standard InChI is InChI=1S/C19H21F3N2O7S/c1-32-9-4-2-3-8(7-9)5-6-10-15(19(20,21)22)23-24-16(10)31-18-13(27)11(25)12(26)14(30-18)17(28)29/h2-4,7,11-14,18,25-27H,5-6H2,1H3,(H,23,24)(H,28,29)/t11-,12-,13+,14-,18?/m0/s1. The van der Waals surface area contributed by atoms with Gasteiger partial charge in [0.05, 0.1) is 0 Å². The number of carbonyl (C=O) groups is 1. The summed E-state index contributed by atoms with van der Waals surface area (Å²) in [6.45, 7) is 0. The number of thioether (sulfide) groups is 1. The molecular formula is C19H21F3N2O7S. The van der Waals surface area contributed by atoms with Gasteiger partial charge in [-0.25, -0.2) is 4.79 Å². The molecule has 0 radical (unpaired) electrons. The number of H-pyrrole nitrogens is 1. The van der Waals surface area contributed by atoms with Gasteiger partial charge >= 0.3 is 12.1 Å². The zero-order valence-corrected chi connectivity index (χ0v) is 17.4. The van der Waals surface area contributed by atoms with Gasteiger partial charge in [-0.3, -0.25) is 5.10 Å². The van der Waals surface area contributed by atoms with Crippen LogP contribution in [-0.2, 0) is 28.5 Å². The monoisotopic (exact) mass is 478 g/mol. The van der Waals surface area contributed by atoms with E-state index in [1.165, 1.54) is 11.8 Å². The first-order valence-electron chi connectivity index (χ1n) is 9.39. The van der Waals surface area contributed by atoms with Gasteiger partial charge in [-0.1, -0.05) is 12.1 Å². The molecule has 0 spiro atoms. The van der Waals surface area contributed by atoms with E-state index in [0.29, 0.717) is 0 Å². The lowest BCUT2D eigenvalue weighted by molar-refractivity contribution is -0.271. The minimum absolute atomic E-state index is 0.144. The first-order valence-corrected chi connectivity index (χ1v) is 10.6. The summed E-state index contributed by atoms with van der Waals surface area (Å²) in [7, 11) is 0. The second kappa shape index (κ2) is 9.67. The minimum Gasteiger partial charge on any atom is -0.479 e. The SMILES string of the molecule is CSc1cccc(CCc2c(OC3O[C@H](C(=O)O)[C@@H](O)[C@H](O)[C@H]3O)n[nH]c2C(F)(F)F)c1. The normalized spacial score (nSPS) is 26.2. The number of nitrogens with zero attached hydrogens (tertiary/aromatic N) is 1. The Labute approximate surface area is 184 Å². The average Bonchev–Trinajstić information content (AvgIpc) is 3.15. The summed E-state index contributed by atoms with van der Waals surface area (Å²) in [5.74, 6) is -2.21. The van der Waals surface area contributed by atoms with Gasteiger partial charge in [-0.2, -0.15) is 13.2 Å². The number of aromatic amines is 1. The molecule has 1 unspecified atom stereocenters. The number of nitrogens with one attached hydrogen (secondary N) is 1. The zero-order chi connectivity index (χ0) is 23.6. The predicted octanol–water partition coefficient (Wildman–Crippen LogP) is 1.21. The Balaban J connectivity index is 1.86. The summed E-state index contributed by atoms with van der Waals surface area (Å²) in [4.78, 5) is 12.2. The molecule has 2 heterocycles. The summed E-state index contributed by atoms with van der Waals surface area (Å²) in [5, 5.41) is 44.2. The Morgan fingerprint density at radius 3 is 2.56 bits per heavy atom. The highest BCUT2D eigenvalue weighted by Gasteiger charge is 2.49. The number of carboxylic acids is 1. The second-order valence-electron chi connectivity index (χ2n) is 7.08. The van der Waals surface area contributed by atoms with Crippen molar-refractivity contribution in [3.05, 3.63) is 41.1 Å². The van der Waals surface area contributed by atoms with Gasteiger partial charge < -0.3 is 29.9 Å². The van der Waals surface area contributed by atoms with E-state index in [2.05, 4.69) is 5.10 Å². The van der Waals surface area contributed by atoms with Crippen LogP contribution >= 0.6 is 11.8 Å². The van der Waals surface area contributed by atoms with Crippen molar-refractivity contribution in [3.63, 3.8) is 0 Å². The van der Waals surface area contributed by atoms with E-state index < -0.39 is 54.4 Å². The topological polar surface area (TPSA) is 145 Å². The van der Waals surface area contributed by atoms with Gasteiger partial charge in [0.1, 0.15) is 24.0 Å². The smallest absolute Gasteiger partial charge is 0.433 e. The molecular weight excluding hydrogens is 457 g/mol. The number of aliphatic carboxylic acids is 1. The minimum atomic E-state index is -4.78. The molecule has 176 valence electrons. The van der Waals surface area contributed by atoms with Crippen molar-refractivity contribution in [2.45, 2.75) is 54.6 Å². The van der Waals surface area contributed by atoms with Crippen LogP contribution in [-0.4, -0.2) is 73.6 Å².